The van der Waals surface area contributed by atoms with Crippen LogP contribution in [-0.2, 0) is 4.79 Å². The fourth-order valence-electron chi connectivity index (χ4n) is 3.50. The summed E-state index contributed by atoms with van der Waals surface area (Å²) in [6, 6.07) is 13.0. The molecule has 29 heavy (non-hydrogen) atoms. The molecule has 2 amide bonds. The summed E-state index contributed by atoms with van der Waals surface area (Å²) in [7, 11) is 0. The van der Waals surface area contributed by atoms with Crippen molar-refractivity contribution in [1.29, 1.82) is 0 Å². The summed E-state index contributed by atoms with van der Waals surface area (Å²) in [6.07, 6.45) is 3.07. The van der Waals surface area contributed by atoms with Gasteiger partial charge in [-0.15, -0.1) is 11.8 Å². The molecule has 0 saturated carbocycles. The SMILES string of the molecule is CCCCCNC(=O)C1CSC(c2ccc(F)cc2)N1C(=O)c1ccccc1C. The van der Waals surface area contributed by atoms with Crippen LogP contribution in [0.2, 0.25) is 0 Å². The molecule has 1 aliphatic rings. The van der Waals surface area contributed by atoms with Crippen LogP contribution >= 0.6 is 11.8 Å². The highest BCUT2D eigenvalue weighted by atomic mass is 32.2. The Morgan fingerprint density at radius 3 is 2.55 bits per heavy atom. The van der Waals surface area contributed by atoms with Crippen molar-refractivity contribution in [2.75, 3.05) is 12.3 Å². The lowest BCUT2D eigenvalue weighted by molar-refractivity contribution is -0.124. The van der Waals surface area contributed by atoms with E-state index in [0.29, 0.717) is 17.9 Å². The maximum absolute atomic E-state index is 13.5. The van der Waals surface area contributed by atoms with E-state index in [2.05, 4.69) is 12.2 Å². The highest BCUT2D eigenvalue weighted by molar-refractivity contribution is 7.99. The van der Waals surface area contributed by atoms with Crippen molar-refractivity contribution in [3.05, 3.63) is 71.0 Å². The summed E-state index contributed by atoms with van der Waals surface area (Å²) >= 11 is 1.54. The normalized spacial score (nSPS) is 18.7. The van der Waals surface area contributed by atoms with E-state index in [1.54, 1.807) is 34.9 Å². The highest BCUT2D eigenvalue weighted by Crippen LogP contribution is 2.42. The number of amides is 2. The predicted molar refractivity (Wildman–Crippen MR) is 115 cm³/mol. The first kappa shape index (κ1) is 21.4. The van der Waals surface area contributed by atoms with Gasteiger partial charge in [0.1, 0.15) is 17.2 Å². The van der Waals surface area contributed by atoms with Crippen molar-refractivity contribution in [3.8, 4) is 0 Å². The largest absolute Gasteiger partial charge is 0.354 e. The summed E-state index contributed by atoms with van der Waals surface area (Å²) in [4.78, 5) is 28.0. The molecule has 0 bridgehead atoms. The minimum atomic E-state index is -0.552. The molecule has 1 saturated heterocycles. The van der Waals surface area contributed by atoms with Crippen LogP contribution in [0, 0.1) is 12.7 Å². The number of nitrogens with zero attached hydrogens (tertiary/aromatic N) is 1. The second-order valence-corrected chi connectivity index (χ2v) is 8.39. The number of hydrogen-bond donors (Lipinski definition) is 1. The van der Waals surface area contributed by atoms with Crippen molar-refractivity contribution in [2.45, 2.75) is 44.5 Å². The van der Waals surface area contributed by atoms with E-state index in [4.69, 9.17) is 0 Å². The molecule has 4 nitrogen and oxygen atoms in total. The number of unbranched alkanes of at least 4 members (excludes halogenated alkanes) is 2. The predicted octanol–water partition coefficient (Wildman–Crippen LogP) is 4.70. The van der Waals surface area contributed by atoms with Gasteiger partial charge in [0.05, 0.1) is 0 Å². The summed E-state index contributed by atoms with van der Waals surface area (Å²) in [5.74, 6) is -0.103. The molecular weight excluding hydrogens is 387 g/mol. The number of aryl methyl sites for hydroxylation is 1. The van der Waals surface area contributed by atoms with E-state index in [1.165, 1.54) is 12.1 Å². The molecule has 1 fully saturated rings. The third-order valence-electron chi connectivity index (χ3n) is 5.15. The van der Waals surface area contributed by atoms with Crippen LogP contribution in [0.3, 0.4) is 0 Å². The molecule has 1 heterocycles. The smallest absolute Gasteiger partial charge is 0.256 e. The first-order valence-electron chi connectivity index (χ1n) is 10.1. The lowest BCUT2D eigenvalue weighted by Crippen LogP contribution is -2.48. The number of hydrogen-bond acceptors (Lipinski definition) is 3. The summed E-state index contributed by atoms with van der Waals surface area (Å²) in [6.45, 7) is 4.62. The van der Waals surface area contributed by atoms with Gasteiger partial charge in [0.25, 0.3) is 5.91 Å². The van der Waals surface area contributed by atoms with Crippen molar-refractivity contribution in [3.63, 3.8) is 0 Å². The highest BCUT2D eigenvalue weighted by Gasteiger charge is 2.42. The van der Waals surface area contributed by atoms with Gasteiger partial charge in [-0.05, 0) is 42.7 Å². The Morgan fingerprint density at radius 1 is 1.14 bits per heavy atom. The summed E-state index contributed by atoms with van der Waals surface area (Å²) in [5, 5.41) is 2.66. The standard InChI is InChI=1S/C23H27FN2O2S/c1-3-4-7-14-25-21(27)20-15-29-23(17-10-12-18(24)13-11-17)26(20)22(28)19-9-6-5-8-16(19)2/h5-6,8-13,20,23H,3-4,7,14-15H2,1-2H3,(H,25,27). The monoisotopic (exact) mass is 414 g/mol. The van der Waals surface area contributed by atoms with Crippen LogP contribution in [0.1, 0.15) is 53.0 Å². The number of nitrogens with one attached hydrogen (secondary N) is 1. The van der Waals surface area contributed by atoms with Gasteiger partial charge in [-0.2, -0.15) is 0 Å². The Morgan fingerprint density at radius 2 is 1.86 bits per heavy atom. The molecule has 3 rings (SSSR count). The Bertz CT molecular complexity index is 856. The number of thioether (sulfide) groups is 1. The number of halogens is 1. The van der Waals surface area contributed by atoms with Crippen molar-refractivity contribution in [2.24, 2.45) is 0 Å². The molecule has 2 aromatic carbocycles. The Hall–Kier alpha value is -2.34. The molecule has 6 heteroatoms. The second-order valence-electron chi connectivity index (χ2n) is 7.28. The van der Waals surface area contributed by atoms with E-state index >= 15 is 0 Å². The molecule has 154 valence electrons. The zero-order valence-corrected chi connectivity index (χ0v) is 17.7. The van der Waals surface area contributed by atoms with Crippen LogP contribution in [-0.4, -0.2) is 35.1 Å². The third kappa shape index (κ3) is 4.99. The number of rotatable bonds is 7. The van der Waals surface area contributed by atoms with Gasteiger partial charge in [0, 0.05) is 17.9 Å². The Balaban J connectivity index is 1.87. The molecular formula is C23H27FN2O2S. The molecule has 0 spiro atoms. The average Bonchev–Trinajstić information content (AvgIpc) is 3.16. The molecule has 0 aliphatic carbocycles. The third-order valence-corrected chi connectivity index (χ3v) is 6.47. The molecule has 2 unspecified atom stereocenters. The zero-order valence-electron chi connectivity index (χ0n) is 16.9. The van der Waals surface area contributed by atoms with Crippen molar-refractivity contribution >= 4 is 23.6 Å². The van der Waals surface area contributed by atoms with E-state index in [0.717, 1.165) is 30.4 Å². The first-order valence-corrected chi connectivity index (χ1v) is 11.1. The lowest BCUT2D eigenvalue weighted by Gasteiger charge is -2.29. The zero-order chi connectivity index (χ0) is 20.8. The van der Waals surface area contributed by atoms with E-state index in [-0.39, 0.29) is 23.0 Å². The minimum absolute atomic E-state index is 0.125. The molecule has 2 atom stereocenters. The molecule has 2 aromatic rings. The van der Waals surface area contributed by atoms with Gasteiger partial charge in [-0.3, -0.25) is 9.59 Å². The maximum atomic E-state index is 13.5. The van der Waals surface area contributed by atoms with Crippen LogP contribution in [0.5, 0.6) is 0 Å². The average molecular weight is 415 g/mol. The molecule has 1 N–H and O–H groups in total. The minimum Gasteiger partial charge on any atom is -0.354 e. The Kier molecular flexibility index (Phi) is 7.31. The van der Waals surface area contributed by atoms with Crippen molar-refractivity contribution < 1.29 is 14.0 Å². The van der Waals surface area contributed by atoms with E-state index < -0.39 is 6.04 Å². The van der Waals surface area contributed by atoms with Gasteiger partial charge in [-0.25, -0.2) is 4.39 Å². The topological polar surface area (TPSA) is 49.4 Å². The number of carbonyl (C=O) groups is 2. The van der Waals surface area contributed by atoms with Gasteiger partial charge in [-0.1, -0.05) is 50.1 Å². The summed E-state index contributed by atoms with van der Waals surface area (Å²) in [5.41, 5.74) is 2.28. The maximum Gasteiger partial charge on any atom is 0.256 e. The summed E-state index contributed by atoms with van der Waals surface area (Å²) < 4.78 is 13.4. The van der Waals surface area contributed by atoms with Gasteiger partial charge < -0.3 is 10.2 Å². The number of carbonyl (C=O) groups excluding carboxylic acids is 2. The van der Waals surface area contributed by atoms with Crippen LogP contribution in [0.4, 0.5) is 4.39 Å². The van der Waals surface area contributed by atoms with Gasteiger partial charge in [0.15, 0.2) is 0 Å². The van der Waals surface area contributed by atoms with Crippen LogP contribution < -0.4 is 5.32 Å². The fourth-order valence-corrected chi connectivity index (χ4v) is 4.93. The first-order chi connectivity index (χ1) is 14.0. The fraction of sp³-hybridized carbons (Fsp3) is 0.391. The Labute approximate surface area is 175 Å². The number of benzene rings is 2. The molecule has 0 aromatic heterocycles. The van der Waals surface area contributed by atoms with Crippen LogP contribution in [0.15, 0.2) is 48.5 Å². The molecule has 1 aliphatic heterocycles. The molecule has 0 radical (unpaired) electrons. The van der Waals surface area contributed by atoms with Crippen LogP contribution in [0.25, 0.3) is 0 Å². The lowest BCUT2D eigenvalue weighted by atomic mass is 10.1. The van der Waals surface area contributed by atoms with E-state index in [9.17, 15) is 14.0 Å². The van der Waals surface area contributed by atoms with Gasteiger partial charge >= 0.3 is 0 Å². The van der Waals surface area contributed by atoms with E-state index in [1.807, 2.05) is 25.1 Å². The van der Waals surface area contributed by atoms with Gasteiger partial charge in [0.2, 0.25) is 5.91 Å². The van der Waals surface area contributed by atoms with Crippen molar-refractivity contribution in [1.82, 2.24) is 10.2 Å². The quantitative estimate of drug-likeness (QED) is 0.669. The second kappa shape index (κ2) is 9.92.